The lowest BCUT2D eigenvalue weighted by Gasteiger charge is -2.05. The minimum atomic E-state index is -0.894. The first kappa shape index (κ1) is 16.2. The standard InChI is InChI=1S/C17H23N3O2/c1-3-4-8-20-12-16(13(2)19-20)11-18-10-14-6-5-7-15(9-14)17(21)22/h5-7,9,12,18H,3-4,8,10-11H2,1-2H3,(H,21,22). The van der Waals surface area contributed by atoms with Gasteiger partial charge in [-0.3, -0.25) is 4.68 Å². The van der Waals surface area contributed by atoms with Crippen molar-refractivity contribution < 1.29 is 9.90 Å². The molecule has 0 spiro atoms. The van der Waals surface area contributed by atoms with Gasteiger partial charge in [0.2, 0.25) is 0 Å². The molecule has 118 valence electrons. The van der Waals surface area contributed by atoms with Crippen LogP contribution in [0.15, 0.2) is 30.5 Å². The van der Waals surface area contributed by atoms with Crippen molar-refractivity contribution in [1.29, 1.82) is 0 Å². The highest BCUT2D eigenvalue weighted by atomic mass is 16.4. The Bertz CT molecular complexity index is 635. The average Bonchev–Trinajstić information content (AvgIpc) is 2.86. The molecule has 5 heteroatoms. The Morgan fingerprint density at radius 1 is 1.36 bits per heavy atom. The summed E-state index contributed by atoms with van der Waals surface area (Å²) in [6.45, 7) is 6.52. The fourth-order valence-electron chi connectivity index (χ4n) is 2.32. The summed E-state index contributed by atoms with van der Waals surface area (Å²) in [7, 11) is 0. The Morgan fingerprint density at radius 3 is 2.91 bits per heavy atom. The van der Waals surface area contributed by atoms with E-state index in [1.54, 1.807) is 18.2 Å². The molecule has 1 aromatic carbocycles. The Hall–Kier alpha value is -2.14. The molecule has 0 bridgehead atoms. The Kier molecular flexibility index (Phi) is 5.72. The van der Waals surface area contributed by atoms with E-state index in [4.69, 9.17) is 5.11 Å². The lowest BCUT2D eigenvalue weighted by atomic mass is 10.1. The number of hydrogen-bond donors (Lipinski definition) is 2. The van der Waals surface area contributed by atoms with Crippen LogP contribution in [0.2, 0.25) is 0 Å². The number of hydrogen-bond acceptors (Lipinski definition) is 3. The molecule has 0 fully saturated rings. The van der Waals surface area contributed by atoms with E-state index in [2.05, 4.69) is 23.5 Å². The molecule has 2 N–H and O–H groups in total. The highest BCUT2D eigenvalue weighted by molar-refractivity contribution is 5.87. The maximum atomic E-state index is 11.0. The number of nitrogens with zero attached hydrogens (tertiary/aromatic N) is 2. The highest BCUT2D eigenvalue weighted by Crippen LogP contribution is 2.08. The molecule has 0 saturated carbocycles. The Labute approximate surface area is 131 Å². The number of aromatic carboxylic acids is 1. The van der Waals surface area contributed by atoms with Crippen LogP contribution < -0.4 is 5.32 Å². The molecule has 1 aromatic heterocycles. The molecule has 0 aliphatic heterocycles. The maximum Gasteiger partial charge on any atom is 0.335 e. The van der Waals surface area contributed by atoms with Gasteiger partial charge in [0.15, 0.2) is 0 Å². The zero-order valence-corrected chi connectivity index (χ0v) is 13.2. The first-order valence-corrected chi connectivity index (χ1v) is 7.66. The predicted molar refractivity (Wildman–Crippen MR) is 85.8 cm³/mol. The van der Waals surface area contributed by atoms with Crippen molar-refractivity contribution in [1.82, 2.24) is 15.1 Å². The largest absolute Gasteiger partial charge is 0.478 e. The molecule has 0 atom stereocenters. The summed E-state index contributed by atoms with van der Waals surface area (Å²) >= 11 is 0. The Balaban J connectivity index is 1.89. The second-order valence-corrected chi connectivity index (χ2v) is 5.47. The van der Waals surface area contributed by atoms with Crippen LogP contribution in [0.1, 0.15) is 46.9 Å². The van der Waals surface area contributed by atoms with Crippen molar-refractivity contribution in [3.05, 3.63) is 52.8 Å². The topological polar surface area (TPSA) is 67.2 Å². The summed E-state index contributed by atoms with van der Waals surface area (Å²) in [5.41, 5.74) is 3.52. The lowest BCUT2D eigenvalue weighted by molar-refractivity contribution is 0.0696. The van der Waals surface area contributed by atoms with Crippen molar-refractivity contribution in [3.63, 3.8) is 0 Å². The van der Waals surface area contributed by atoms with Gasteiger partial charge in [0.05, 0.1) is 11.3 Å². The van der Waals surface area contributed by atoms with E-state index in [-0.39, 0.29) is 0 Å². The third-order valence-corrected chi connectivity index (χ3v) is 3.61. The van der Waals surface area contributed by atoms with E-state index in [0.717, 1.165) is 37.2 Å². The summed E-state index contributed by atoms with van der Waals surface area (Å²) in [4.78, 5) is 11.0. The molecular formula is C17H23N3O2. The summed E-state index contributed by atoms with van der Waals surface area (Å²) in [5, 5.41) is 16.8. The molecule has 0 unspecified atom stereocenters. The maximum absolute atomic E-state index is 11.0. The number of nitrogens with one attached hydrogen (secondary N) is 1. The van der Waals surface area contributed by atoms with E-state index in [1.807, 2.05) is 17.7 Å². The fourth-order valence-corrected chi connectivity index (χ4v) is 2.32. The summed E-state index contributed by atoms with van der Waals surface area (Å²) in [6.07, 6.45) is 4.38. The van der Waals surface area contributed by atoms with Crippen molar-refractivity contribution in [2.24, 2.45) is 0 Å². The third kappa shape index (κ3) is 4.43. The number of benzene rings is 1. The number of aromatic nitrogens is 2. The zero-order valence-electron chi connectivity index (χ0n) is 13.2. The molecule has 2 rings (SSSR count). The quantitative estimate of drug-likeness (QED) is 0.786. The summed E-state index contributed by atoms with van der Waals surface area (Å²) < 4.78 is 2.00. The van der Waals surface area contributed by atoms with E-state index in [1.165, 1.54) is 5.56 Å². The number of rotatable bonds is 8. The van der Waals surface area contributed by atoms with Gasteiger partial charge < -0.3 is 10.4 Å². The number of carboxylic acids is 1. The molecule has 0 amide bonds. The van der Waals surface area contributed by atoms with E-state index in [0.29, 0.717) is 12.1 Å². The van der Waals surface area contributed by atoms with Crippen LogP contribution >= 0.6 is 0 Å². The van der Waals surface area contributed by atoms with Crippen molar-refractivity contribution in [2.75, 3.05) is 0 Å². The van der Waals surface area contributed by atoms with Crippen LogP contribution in [-0.2, 0) is 19.6 Å². The molecule has 0 saturated heterocycles. The van der Waals surface area contributed by atoms with Gasteiger partial charge in [0, 0.05) is 31.4 Å². The minimum absolute atomic E-state index is 0.322. The lowest BCUT2D eigenvalue weighted by Crippen LogP contribution is -2.13. The van der Waals surface area contributed by atoms with E-state index >= 15 is 0 Å². The highest BCUT2D eigenvalue weighted by Gasteiger charge is 2.06. The van der Waals surface area contributed by atoms with Crippen LogP contribution in [-0.4, -0.2) is 20.9 Å². The van der Waals surface area contributed by atoms with Gasteiger partial charge in [-0.05, 0) is 31.0 Å². The molecule has 0 aliphatic carbocycles. The molecule has 2 aromatic rings. The van der Waals surface area contributed by atoms with E-state index < -0.39 is 5.97 Å². The molecular weight excluding hydrogens is 278 g/mol. The number of carbonyl (C=O) groups is 1. The van der Waals surface area contributed by atoms with Crippen molar-refractivity contribution in [3.8, 4) is 0 Å². The summed E-state index contributed by atoms with van der Waals surface area (Å²) in [6, 6.07) is 7.01. The van der Waals surface area contributed by atoms with Crippen LogP contribution in [0.4, 0.5) is 0 Å². The summed E-state index contributed by atoms with van der Waals surface area (Å²) in [5.74, 6) is -0.894. The third-order valence-electron chi connectivity index (χ3n) is 3.61. The predicted octanol–water partition coefficient (Wildman–Crippen LogP) is 2.98. The average molecular weight is 301 g/mol. The normalized spacial score (nSPS) is 10.8. The second-order valence-electron chi connectivity index (χ2n) is 5.47. The van der Waals surface area contributed by atoms with Gasteiger partial charge in [-0.1, -0.05) is 25.5 Å². The zero-order chi connectivity index (χ0) is 15.9. The van der Waals surface area contributed by atoms with Gasteiger partial charge in [0.1, 0.15) is 0 Å². The number of carboxylic acid groups (broad SMARTS) is 1. The van der Waals surface area contributed by atoms with Crippen LogP contribution in [0, 0.1) is 6.92 Å². The fraction of sp³-hybridized carbons (Fsp3) is 0.412. The van der Waals surface area contributed by atoms with Crippen LogP contribution in [0.3, 0.4) is 0 Å². The van der Waals surface area contributed by atoms with Crippen molar-refractivity contribution in [2.45, 2.75) is 46.3 Å². The molecule has 22 heavy (non-hydrogen) atoms. The van der Waals surface area contributed by atoms with Gasteiger partial charge in [0.25, 0.3) is 0 Å². The first-order chi connectivity index (χ1) is 10.6. The van der Waals surface area contributed by atoms with Gasteiger partial charge >= 0.3 is 5.97 Å². The molecule has 0 aliphatic rings. The first-order valence-electron chi connectivity index (χ1n) is 7.66. The number of aryl methyl sites for hydroxylation is 2. The van der Waals surface area contributed by atoms with Crippen LogP contribution in [0.5, 0.6) is 0 Å². The number of unbranched alkanes of at least 4 members (excludes halogenated alkanes) is 1. The van der Waals surface area contributed by atoms with Crippen LogP contribution in [0.25, 0.3) is 0 Å². The van der Waals surface area contributed by atoms with E-state index in [9.17, 15) is 4.79 Å². The minimum Gasteiger partial charge on any atom is -0.478 e. The monoisotopic (exact) mass is 301 g/mol. The van der Waals surface area contributed by atoms with Gasteiger partial charge in [-0.15, -0.1) is 0 Å². The second kappa shape index (κ2) is 7.75. The van der Waals surface area contributed by atoms with Gasteiger partial charge in [-0.2, -0.15) is 5.10 Å². The molecule has 0 radical (unpaired) electrons. The smallest absolute Gasteiger partial charge is 0.335 e. The van der Waals surface area contributed by atoms with Gasteiger partial charge in [-0.25, -0.2) is 4.79 Å². The molecule has 1 heterocycles. The molecule has 5 nitrogen and oxygen atoms in total. The van der Waals surface area contributed by atoms with Crippen molar-refractivity contribution >= 4 is 5.97 Å². The Morgan fingerprint density at radius 2 is 2.18 bits per heavy atom. The SMILES string of the molecule is CCCCn1cc(CNCc2cccc(C(=O)O)c2)c(C)n1.